The third-order valence-corrected chi connectivity index (χ3v) is 8.60. The van der Waals surface area contributed by atoms with Gasteiger partial charge < -0.3 is 30.3 Å². The number of hydrogen-bond donors (Lipinski definition) is 4. The molecule has 1 aromatic rings. The van der Waals surface area contributed by atoms with Crippen LogP contribution in [0, 0.1) is 5.82 Å². The molecule has 4 N–H and O–H groups in total. The van der Waals surface area contributed by atoms with E-state index in [1.165, 1.54) is 6.07 Å². The molecule has 1 aromatic carbocycles. The predicted octanol–water partition coefficient (Wildman–Crippen LogP) is 2.80. The van der Waals surface area contributed by atoms with E-state index in [0.29, 0.717) is 31.2 Å². The molecule has 0 unspecified atom stereocenters. The highest BCUT2D eigenvalue weighted by molar-refractivity contribution is 6.30. The molecule has 39 heavy (non-hydrogen) atoms. The molecule has 6 rings (SSSR count). The van der Waals surface area contributed by atoms with E-state index in [9.17, 15) is 37.4 Å². The van der Waals surface area contributed by atoms with Gasteiger partial charge in [0.2, 0.25) is 5.91 Å². The van der Waals surface area contributed by atoms with Gasteiger partial charge in [0.05, 0.1) is 35.0 Å². The minimum Gasteiger partial charge on any atom is -0.480 e. The maximum Gasteiger partial charge on any atom is 0.522 e. The molecular weight excluding hydrogens is 552 g/mol. The van der Waals surface area contributed by atoms with Gasteiger partial charge in [0.15, 0.2) is 6.10 Å². The van der Waals surface area contributed by atoms with Crippen molar-refractivity contribution in [3.05, 3.63) is 28.5 Å². The normalized spacial score (nSPS) is 35.4. The molecule has 4 saturated carbocycles. The fourth-order valence-electron chi connectivity index (χ4n) is 6.05. The van der Waals surface area contributed by atoms with E-state index in [1.54, 1.807) is 0 Å². The third-order valence-electron chi connectivity index (χ3n) is 8.31. The molecule has 4 fully saturated rings. The van der Waals surface area contributed by atoms with Gasteiger partial charge in [0.1, 0.15) is 18.2 Å². The molecule has 5 aliphatic rings. The molecule has 14 heteroatoms. The quantitative estimate of drug-likeness (QED) is 0.365. The lowest BCUT2D eigenvalue weighted by molar-refractivity contribution is -0.357. The Morgan fingerprint density at radius 3 is 2.41 bits per heavy atom. The van der Waals surface area contributed by atoms with Crippen LogP contribution in [0.4, 0.5) is 17.6 Å². The number of ether oxygens (including phenoxy) is 3. The standard InChI is InChI=1S/C25H29ClF4N2O7/c26-15-7-14-17(33)9-19(38-18(14)8-16(15)27)22(36)32-23-1-3-24(4-2-23,20(34)10-23)31-21(35)11-37-12-5-13(6-12)39-25(28,29)30/h7-8,12-13,17,19-20,33-34H,1-6,9-11H2,(H,31,35)(H,32,36)/t12?,13?,17-,19-,20+,23?,24?/m1/s1. The number of nitrogens with one attached hydrogen (secondary N) is 2. The summed E-state index contributed by atoms with van der Waals surface area (Å²) in [6, 6.07) is 2.30. The van der Waals surface area contributed by atoms with Crippen LogP contribution in [-0.2, 0) is 19.1 Å². The van der Waals surface area contributed by atoms with E-state index >= 15 is 0 Å². The smallest absolute Gasteiger partial charge is 0.480 e. The van der Waals surface area contributed by atoms with E-state index < -0.39 is 65.6 Å². The van der Waals surface area contributed by atoms with Crippen molar-refractivity contribution >= 4 is 23.4 Å². The lowest BCUT2D eigenvalue weighted by atomic mass is 9.59. The summed E-state index contributed by atoms with van der Waals surface area (Å²) in [5.41, 5.74) is -1.34. The second-order valence-electron chi connectivity index (χ2n) is 10.9. The third kappa shape index (κ3) is 5.97. The SMILES string of the molecule is O=C(COC1CC(OC(F)(F)F)C1)NC12CCC(NC(=O)[C@H]3C[C@@H](O)c4cc(Cl)c(F)cc4O3)(CC1)C[C@@H]2O. The summed E-state index contributed by atoms with van der Waals surface area (Å²) in [6.45, 7) is -0.353. The van der Waals surface area contributed by atoms with Gasteiger partial charge in [0.25, 0.3) is 5.91 Å². The molecule has 2 bridgehead atoms. The Morgan fingerprint density at radius 2 is 1.77 bits per heavy atom. The number of halogens is 5. The van der Waals surface area contributed by atoms with E-state index in [2.05, 4.69) is 15.4 Å². The lowest BCUT2D eigenvalue weighted by Crippen LogP contribution is -2.71. The summed E-state index contributed by atoms with van der Waals surface area (Å²) < 4.78 is 65.6. The summed E-state index contributed by atoms with van der Waals surface area (Å²) in [5, 5.41) is 27.0. The van der Waals surface area contributed by atoms with Gasteiger partial charge in [-0.3, -0.25) is 14.3 Å². The molecule has 1 aliphatic heterocycles. The minimum absolute atomic E-state index is 0.0369. The second-order valence-corrected chi connectivity index (χ2v) is 11.4. The van der Waals surface area contributed by atoms with Crippen molar-refractivity contribution in [3.63, 3.8) is 0 Å². The Morgan fingerprint density at radius 1 is 1.08 bits per heavy atom. The van der Waals surface area contributed by atoms with Gasteiger partial charge in [-0.2, -0.15) is 0 Å². The van der Waals surface area contributed by atoms with Crippen LogP contribution < -0.4 is 15.4 Å². The number of rotatable bonds is 7. The van der Waals surface area contributed by atoms with Crippen LogP contribution in [0.15, 0.2) is 12.1 Å². The first-order valence-corrected chi connectivity index (χ1v) is 13.2. The first kappa shape index (κ1) is 28.3. The number of aliphatic hydroxyl groups is 2. The highest BCUT2D eigenvalue weighted by Gasteiger charge is 2.56. The van der Waals surface area contributed by atoms with Gasteiger partial charge in [-0.05, 0) is 38.2 Å². The fraction of sp³-hybridized carbons (Fsp3) is 0.680. The largest absolute Gasteiger partial charge is 0.522 e. The number of fused-ring (bicyclic) bond motifs is 4. The molecule has 9 nitrogen and oxygen atoms in total. The number of alkyl halides is 3. The van der Waals surface area contributed by atoms with Gasteiger partial charge in [-0.15, -0.1) is 13.2 Å². The number of amides is 2. The van der Waals surface area contributed by atoms with Crippen LogP contribution in [0.2, 0.25) is 5.02 Å². The van der Waals surface area contributed by atoms with Crippen molar-refractivity contribution in [2.24, 2.45) is 0 Å². The lowest BCUT2D eigenvalue weighted by Gasteiger charge is -2.56. The monoisotopic (exact) mass is 580 g/mol. The van der Waals surface area contributed by atoms with Gasteiger partial charge in [-0.1, -0.05) is 11.6 Å². The molecule has 1 heterocycles. The molecular formula is C25H29ClF4N2O7. The zero-order valence-electron chi connectivity index (χ0n) is 20.7. The number of hydrogen-bond acceptors (Lipinski definition) is 7. The molecule has 2 amide bonds. The highest BCUT2D eigenvalue weighted by atomic mass is 35.5. The van der Waals surface area contributed by atoms with E-state index in [0.717, 1.165) is 6.07 Å². The summed E-state index contributed by atoms with van der Waals surface area (Å²) in [7, 11) is 0. The Kier molecular flexibility index (Phi) is 7.51. The zero-order chi connectivity index (χ0) is 28.2. The Labute approximate surface area is 226 Å². The van der Waals surface area contributed by atoms with Crippen LogP contribution in [0.3, 0.4) is 0 Å². The Hall–Kier alpha value is -2.19. The summed E-state index contributed by atoms with van der Waals surface area (Å²) >= 11 is 5.79. The topological polar surface area (TPSA) is 126 Å². The van der Waals surface area contributed by atoms with E-state index in [4.69, 9.17) is 21.1 Å². The van der Waals surface area contributed by atoms with Gasteiger partial charge in [0, 0.05) is 36.4 Å². The summed E-state index contributed by atoms with van der Waals surface area (Å²) in [5.74, 6) is -1.68. The highest BCUT2D eigenvalue weighted by Crippen LogP contribution is 2.47. The second kappa shape index (κ2) is 10.3. The molecule has 3 atom stereocenters. The average molecular weight is 581 g/mol. The Balaban J connectivity index is 1.11. The van der Waals surface area contributed by atoms with Crippen molar-refractivity contribution in [1.82, 2.24) is 10.6 Å². The first-order chi connectivity index (χ1) is 18.3. The molecule has 0 radical (unpaired) electrons. The van der Waals surface area contributed by atoms with Crippen LogP contribution >= 0.6 is 11.6 Å². The number of benzene rings is 1. The van der Waals surface area contributed by atoms with Crippen LogP contribution in [-0.4, -0.2) is 70.5 Å². The summed E-state index contributed by atoms with van der Waals surface area (Å²) in [4.78, 5) is 25.6. The first-order valence-electron chi connectivity index (χ1n) is 12.8. The molecule has 0 spiro atoms. The summed E-state index contributed by atoms with van der Waals surface area (Å²) in [6.07, 6.45) is -7.40. The number of carbonyl (C=O) groups is 2. The minimum atomic E-state index is -4.71. The number of aliphatic hydroxyl groups excluding tert-OH is 2. The maximum absolute atomic E-state index is 13.9. The zero-order valence-corrected chi connectivity index (χ0v) is 21.5. The fourth-order valence-corrected chi connectivity index (χ4v) is 6.22. The predicted molar refractivity (Wildman–Crippen MR) is 126 cm³/mol. The molecule has 4 aliphatic carbocycles. The van der Waals surface area contributed by atoms with Crippen LogP contribution in [0.25, 0.3) is 0 Å². The average Bonchev–Trinajstić information content (AvgIpc) is 2.82. The van der Waals surface area contributed by atoms with E-state index in [1.807, 2.05) is 0 Å². The van der Waals surface area contributed by atoms with Gasteiger partial charge >= 0.3 is 6.36 Å². The van der Waals surface area contributed by atoms with Crippen LogP contribution in [0.1, 0.15) is 63.0 Å². The van der Waals surface area contributed by atoms with Crippen molar-refractivity contribution in [2.75, 3.05) is 6.61 Å². The Bertz CT molecular complexity index is 1120. The van der Waals surface area contributed by atoms with Crippen molar-refractivity contribution in [1.29, 1.82) is 0 Å². The van der Waals surface area contributed by atoms with Crippen molar-refractivity contribution in [3.8, 4) is 5.75 Å². The van der Waals surface area contributed by atoms with Crippen molar-refractivity contribution in [2.45, 2.75) is 99.3 Å². The van der Waals surface area contributed by atoms with E-state index in [-0.39, 0.29) is 43.1 Å². The maximum atomic E-state index is 13.9. The molecule has 216 valence electrons. The molecule has 0 saturated heterocycles. The number of carbonyl (C=O) groups excluding carboxylic acids is 2. The van der Waals surface area contributed by atoms with Crippen molar-refractivity contribution < 1.29 is 51.6 Å². The van der Waals surface area contributed by atoms with Crippen LogP contribution in [0.5, 0.6) is 5.75 Å². The van der Waals surface area contributed by atoms with Gasteiger partial charge in [-0.25, -0.2) is 4.39 Å². The molecule has 0 aromatic heterocycles.